The van der Waals surface area contributed by atoms with E-state index in [1.165, 1.54) is 0 Å². The van der Waals surface area contributed by atoms with Crippen molar-refractivity contribution in [2.45, 2.75) is 12.7 Å². The van der Waals surface area contributed by atoms with Crippen molar-refractivity contribution in [2.75, 3.05) is 6.61 Å². The van der Waals surface area contributed by atoms with E-state index in [0.29, 0.717) is 6.61 Å². The summed E-state index contributed by atoms with van der Waals surface area (Å²) >= 11 is 0. The fraction of sp³-hybridized carbons (Fsp3) is 0.235. The number of ketones is 1. The van der Waals surface area contributed by atoms with Crippen molar-refractivity contribution in [3.05, 3.63) is 53.1 Å². The van der Waals surface area contributed by atoms with Crippen LogP contribution in [0.2, 0.25) is 0 Å². The van der Waals surface area contributed by atoms with Crippen LogP contribution in [0.1, 0.15) is 22.3 Å². The Balaban J connectivity index is 1.87. The number of Topliss-reactive ketones (excluding diaryl/α,β-unsaturated/α-hetero) is 1. The third kappa shape index (κ3) is 1.12. The fourth-order valence-electron chi connectivity index (χ4n) is 3.65. The molecule has 2 heterocycles. The summed E-state index contributed by atoms with van der Waals surface area (Å²) in [5.41, 5.74) is 2.65. The lowest BCUT2D eigenvalue weighted by atomic mass is 9.82. The topological polar surface area (TPSA) is 35.5 Å². The van der Waals surface area contributed by atoms with Crippen LogP contribution in [0, 0.1) is 5.92 Å². The van der Waals surface area contributed by atoms with Crippen LogP contribution in [-0.2, 0) is 9.47 Å². The zero-order valence-corrected chi connectivity index (χ0v) is 10.8. The maximum Gasteiger partial charge on any atom is 0.207 e. The first-order chi connectivity index (χ1) is 9.84. The molecule has 3 nitrogen and oxygen atoms in total. The molecule has 0 bridgehead atoms. The molecule has 1 saturated heterocycles. The Labute approximate surface area is 115 Å². The van der Waals surface area contributed by atoms with E-state index in [2.05, 4.69) is 0 Å². The minimum atomic E-state index is -0.270. The Morgan fingerprint density at radius 1 is 1.05 bits per heavy atom. The predicted molar refractivity (Wildman–Crippen MR) is 74.1 cm³/mol. The molecule has 0 amide bonds. The molecule has 3 heteroatoms. The van der Waals surface area contributed by atoms with Gasteiger partial charge in [-0.25, -0.2) is 0 Å². The van der Waals surface area contributed by atoms with Gasteiger partial charge in [-0.3, -0.25) is 4.79 Å². The number of fused-ring (bicyclic) bond motifs is 3. The van der Waals surface area contributed by atoms with Gasteiger partial charge in [0.1, 0.15) is 5.76 Å². The molecule has 0 N–H and O–H groups in total. The van der Waals surface area contributed by atoms with Crippen molar-refractivity contribution >= 4 is 22.3 Å². The van der Waals surface area contributed by atoms with Crippen LogP contribution in [0.4, 0.5) is 0 Å². The lowest BCUT2D eigenvalue weighted by Gasteiger charge is -2.18. The number of ether oxygens (including phenoxy) is 2. The minimum absolute atomic E-state index is 0.0983. The summed E-state index contributed by atoms with van der Waals surface area (Å²) in [5, 5.41) is 2.10. The van der Waals surface area contributed by atoms with Crippen molar-refractivity contribution < 1.29 is 14.3 Å². The van der Waals surface area contributed by atoms with Crippen LogP contribution in [0.5, 0.6) is 0 Å². The molecule has 0 radical (unpaired) electrons. The van der Waals surface area contributed by atoms with Gasteiger partial charge in [-0.1, -0.05) is 36.4 Å². The summed E-state index contributed by atoms with van der Waals surface area (Å²) < 4.78 is 11.5. The maximum atomic E-state index is 12.8. The quantitative estimate of drug-likeness (QED) is 0.733. The van der Waals surface area contributed by atoms with Gasteiger partial charge in [-0.15, -0.1) is 0 Å². The number of rotatable bonds is 0. The molecule has 20 heavy (non-hydrogen) atoms. The first-order valence-corrected chi connectivity index (χ1v) is 6.94. The molecule has 0 aromatic heterocycles. The molecule has 2 aliphatic heterocycles. The molecular weight excluding hydrogens is 252 g/mol. The van der Waals surface area contributed by atoms with Gasteiger partial charge in [0, 0.05) is 16.5 Å². The number of hydrogen-bond acceptors (Lipinski definition) is 3. The SMILES string of the molecule is O=C1C2=C(O[C@H]3OCC[C@@H]23)c2cccc3cccc1c23. The Morgan fingerprint density at radius 3 is 2.70 bits per heavy atom. The van der Waals surface area contributed by atoms with E-state index in [1.54, 1.807) is 0 Å². The van der Waals surface area contributed by atoms with Crippen LogP contribution in [-0.4, -0.2) is 18.7 Å². The second-order valence-electron chi connectivity index (χ2n) is 5.53. The number of carbonyl (C=O) groups is 1. The average molecular weight is 264 g/mol. The van der Waals surface area contributed by atoms with Crippen LogP contribution in [0.3, 0.4) is 0 Å². The standard InChI is InChI=1S/C17H12O3/c18-15-10-5-1-3-9-4-2-6-11(13(9)10)16-14(15)12-7-8-19-17(12)20-16/h1-6,12,17H,7-8H2/t12-,17+/m0/s1. The normalized spacial score (nSPS) is 26.7. The molecule has 2 aromatic rings. The summed E-state index contributed by atoms with van der Waals surface area (Å²) in [6.07, 6.45) is 0.599. The summed E-state index contributed by atoms with van der Waals surface area (Å²) in [4.78, 5) is 12.8. The number of hydrogen-bond donors (Lipinski definition) is 0. The second kappa shape index (κ2) is 3.49. The molecule has 1 fully saturated rings. The molecule has 0 spiro atoms. The molecule has 1 aliphatic carbocycles. The maximum absolute atomic E-state index is 12.8. The lowest BCUT2D eigenvalue weighted by molar-refractivity contribution is -0.0604. The highest BCUT2D eigenvalue weighted by Gasteiger charge is 2.47. The van der Waals surface area contributed by atoms with Crippen molar-refractivity contribution in [3.8, 4) is 0 Å². The summed E-state index contributed by atoms with van der Waals surface area (Å²) in [6, 6.07) is 12.0. The molecule has 0 unspecified atom stereocenters. The van der Waals surface area contributed by atoms with Crippen LogP contribution >= 0.6 is 0 Å². The first-order valence-electron chi connectivity index (χ1n) is 6.94. The van der Waals surface area contributed by atoms with E-state index >= 15 is 0 Å². The van der Waals surface area contributed by atoms with E-state index in [4.69, 9.17) is 9.47 Å². The molecule has 2 aromatic carbocycles. The monoisotopic (exact) mass is 264 g/mol. The van der Waals surface area contributed by atoms with Crippen molar-refractivity contribution in [2.24, 2.45) is 5.92 Å². The van der Waals surface area contributed by atoms with Crippen LogP contribution < -0.4 is 0 Å². The highest BCUT2D eigenvalue weighted by molar-refractivity contribution is 6.24. The third-order valence-electron chi connectivity index (χ3n) is 4.53. The van der Waals surface area contributed by atoms with E-state index in [0.717, 1.165) is 39.7 Å². The van der Waals surface area contributed by atoms with Gasteiger partial charge < -0.3 is 9.47 Å². The zero-order chi connectivity index (χ0) is 13.3. The van der Waals surface area contributed by atoms with E-state index in [1.807, 2.05) is 36.4 Å². The summed E-state index contributed by atoms with van der Waals surface area (Å²) in [5.74, 6) is 0.956. The molecule has 0 saturated carbocycles. The van der Waals surface area contributed by atoms with Gasteiger partial charge in [-0.2, -0.15) is 0 Å². The van der Waals surface area contributed by atoms with Crippen molar-refractivity contribution in [1.82, 2.24) is 0 Å². The van der Waals surface area contributed by atoms with Crippen LogP contribution in [0.15, 0.2) is 42.0 Å². The van der Waals surface area contributed by atoms with Gasteiger partial charge in [0.2, 0.25) is 6.29 Å². The third-order valence-corrected chi connectivity index (χ3v) is 4.53. The van der Waals surface area contributed by atoms with Gasteiger partial charge in [0.25, 0.3) is 0 Å². The molecule has 2 atom stereocenters. The Morgan fingerprint density at radius 2 is 1.85 bits per heavy atom. The van der Waals surface area contributed by atoms with Gasteiger partial charge >= 0.3 is 0 Å². The molecule has 3 aliphatic rings. The fourth-order valence-corrected chi connectivity index (χ4v) is 3.65. The van der Waals surface area contributed by atoms with Gasteiger partial charge in [0.05, 0.1) is 18.1 Å². The highest BCUT2D eigenvalue weighted by atomic mass is 16.7. The Kier molecular flexibility index (Phi) is 1.86. The average Bonchev–Trinajstić information content (AvgIpc) is 3.05. The number of carbonyl (C=O) groups excluding carboxylic acids is 1. The summed E-state index contributed by atoms with van der Waals surface area (Å²) in [6.45, 7) is 0.672. The van der Waals surface area contributed by atoms with Gasteiger partial charge in [-0.05, 0) is 11.8 Å². The van der Waals surface area contributed by atoms with E-state index in [-0.39, 0.29) is 18.0 Å². The smallest absolute Gasteiger partial charge is 0.207 e. The molecule has 98 valence electrons. The van der Waals surface area contributed by atoms with E-state index in [9.17, 15) is 4.79 Å². The second-order valence-corrected chi connectivity index (χ2v) is 5.53. The van der Waals surface area contributed by atoms with Gasteiger partial charge in [0.15, 0.2) is 5.78 Å². The van der Waals surface area contributed by atoms with E-state index < -0.39 is 0 Å². The highest BCUT2D eigenvalue weighted by Crippen LogP contribution is 2.48. The lowest BCUT2D eigenvalue weighted by Crippen LogP contribution is -2.17. The molecular formula is C17H12O3. The summed E-state index contributed by atoms with van der Waals surface area (Å²) in [7, 11) is 0. The largest absolute Gasteiger partial charge is 0.463 e. The first kappa shape index (κ1) is 10.6. The van der Waals surface area contributed by atoms with Crippen LogP contribution in [0.25, 0.3) is 16.5 Å². The number of benzene rings is 2. The van der Waals surface area contributed by atoms with Crippen molar-refractivity contribution in [3.63, 3.8) is 0 Å². The zero-order valence-electron chi connectivity index (χ0n) is 10.8. The Hall–Kier alpha value is -2.13. The molecule has 5 rings (SSSR count). The van der Waals surface area contributed by atoms with Crippen molar-refractivity contribution in [1.29, 1.82) is 0 Å². The minimum Gasteiger partial charge on any atom is -0.463 e. The Bertz CT molecular complexity index is 798. The predicted octanol–water partition coefficient (Wildman–Crippen LogP) is 3.14.